The average Bonchev–Trinajstić information content (AvgIpc) is 3.38. The monoisotopic (exact) mass is 405 g/mol. The Hall–Kier alpha value is -3.34. The number of aromatic nitrogens is 4. The van der Waals surface area contributed by atoms with Gasteiger partial charge in [0.2, 0.25) is 12.6 Å². The molecular formula is C17H10F3N5O2S. The molecule has 0 bridgehead atoms. The predicted octanol–water partition coefficient (Wildman–Crippen LogP) is 4.34. The Labute approximate surface area is 159 Å². The Balaban J connectivity index is 1.53. The van der Waals surface area contributed by atoms with Crippen LogP contribution in [0.2, 0.25) is 0 Å². The van der Waals surface area contributed by atoms with E-state index in [0.717, 1.165) is 0 Å². The number of rotatable bonds is 3. The zero-order chi connectivity index (χ0) is 19.3. The lowest BCUT2D eigenvalue weighted by molar-refractivity contribution is -0.140. The van der Waals surface area contributed by atoms with E-state index < -0.39 is 11.9 Å². The Bertz CT molecular complexity index is 1190. The molecule has 0 fully saturated rings. The Morgan fingerprint density at radius 3 is 2.86 bits per heavy atom. The molecule has 0 aliphatic carbocycles. The lowest BCUT2D eigenvalue weighted by atomic mass is 10.2. The Morgan fingerprint density at radius 1 is 1.14 bits per heavy atom. The maximum Gasteiger partial charge on any atom is 0.435 e. The second kappa shape index (κ2) is 6.09. The van der Waals surface area contributed by atoms with E-state index in [9.17, 15) is 13.2 Å². The summed E-state index contributed by atoms with van der Waals surface area (Å²) >= 11 is 1.18. The molecule has 7 nitrogen and oxygen atoms in total. The maximum atomic E-state index is 13.5. The minimum absolute atomic E-state index is 0.0388. The second-order valence-electron chi connectivity index (χ2n) is 5.83. The van der Waals surface area contributed by atoms with Gasteiger partial charge in [-0.15, -0.1) is 11.3 Å². The quantitative estimate of drug-likeness (QED) is 0.547. The highest BCUT2D eigenvalue weighted by Crippen LogP contribution is 2.39. The molecule has 0 amide bonds. The third-order valence-corrected chi connectivity index (χ3v) is 4.80. The van der Waals surface area contributed by atoms with Crippen molar-refractivity contribution in [1.82, 2.24) is 19.4 Å². The van der Waals surface area contributed by atoms with Gasteiger partial charge in [0.1, 0.15) is 11.4 Å². The van der Waals surface area contributed by atoms with Gasteiger partial charge in [-0.1, -0.05) is 0 Å². The van der Waals surface area contributed by atoms with E-state index in [1.54, 1.807) is 23.6 Å². The fourth-order valence-electron chi connectivity index (χ4n) is 2.87. The summed E-state index contributed by atoms with van der Waals surface area (Å²) in [5.41, 5.74) is -0.334. The number of hydrogen-bond acceptors (Lipinski definition) is 7. The summed E-state index contributed by atoms with van der Waals surface area (Å²) in [4.78, 5) is 11.8. The van der Waals surface area contributed by atoms with E-state index >= 15 is 0 Å². The first-order valence-corrected chi connectivity index (χ1v) is 8.90. The molecule has 4 heterocycles. The third-order valence-electron chi connectivity index (χ3n) is 4.04. The van der Waals surface area contributed by atoms with Gasteiger partial charge in [-0.3, -0.25) is 4.40 Å². The molecule has 0 radical (unpaired) electrons. The summed E-state index contributed by atoms with van der Waals surface area (Å²) < 4.78 is 52.3. The molecule has 0 saturated carbocycles. The standard InChI is InChI=1S/C17H10F3N5O2S/c18-17(19,20)14-13(25-5-1-4-21-15(25)24-14)10-7-28-16(23-10)22-9-2-3-11-12(6-9)27-8-26-11/h1-7H,8H2,(H,22,23). The van der Waals surface area contributed by atoms with Crippen LogP contribution in [0.3, 0.4) is 0 Å². The van der Waals surface area contributed by atoms with Crippen molar-refractivity contribution in [2.45, 2.75) is 6.18 Å². The van der Waals surface area contributed by atoms with Crippen LogP contribution in [0.15, 0.2) is 42.0 Å². The van der Waals surface area contributed by atoms with Crippen LogP contribution >= 0.6 is 11.3 Å². The third kappa shape index (κ3) is 2.80. The zero-order valence-corrected chi connectivity index (χ0v) is 14.7. The van der Waals surface area contributed by atoms with E-state index in [0.29, 0.717) is 22.3 Å². The predicted molar refractivity (Wildman–Crippen MR) is 94.9 cm³/mol. The number of imidazole rings is 1. The van der Waals surface area contributed by atoms with Crippen molar-refractivity contribution in [1.29, 1.82) is 0 Å². The first-order valence-electron chi connectivity index (χ1n) is 8.02. The van der Waals surface area contributed by atoms with Gasteiger partial charge in [-0.2, -0.15) is 13.2 Å². The second-order valence-corrected chi connectivity index (χ2v) is 6.69. The molecule has 0 unspecified atom stereocenters. The highest BCUT2D eigenvalue weighted by Gasteiger charge is 2.39. The fraction of sp³-hybridized carbons (Fsp3) is 0.118. The first-order chi connectivity index (χ1) is 13.5. The number of benzene rings is 1. The minimum Gasteiger partial charge on any atom is -0.454 e. The number of thiazole rings is 1. The fourth-order valence-corrected chi connectivity index (χ4v) is 3.58. The number of ether oxygens (including phenoxy) is 2. The Morgan fingerprint density at radius 2 is 2.00 bits per heavy atom. The number of hydrogen-bond donors (Lipinski definition) is 1. The van der Waals surface area contributed by atoms with Crippen molar-refractivity contribution in [3.05, 3.63) is 47.7 Å². The summed E-state index contributed by atoms with van der Waals surface area (Å²) in [6.45, 7) is 0.155. The maximum absolute atomic E-state index is 13.5. The van der Waals surface area contributed by atoms with E-state index in [2.05, 4.69) is 20.3 Å². The van der Waals surface area contributed by atoms with Crippen molar-refractivity contribution >= 4 is 27.9 Å². The number of halogens is 3. The highest BCUT2D eigenvalue weighted by molar-refractivity contribution is 7.14. The smallest absolute Gasteiger partial charge is 0.435 e. The SMILES string of the molecule is FC(F)(F)c1nc2ncccn2c1-c1csc(Nc2ccc3c(c2)OCO3)n1. The van der Waals surface area contributed by atoms with E-state index in [1.807, 2.05) is 0 Å². The van der Waals surface area contributed by atoms with Gasteiger partial charge in [0.25, 0.3) is 0 Å². The average molecular weight is 405 g/mol. The molecule has 1 N–H and O–H groups in total. The molecule has 0 spiro atoms. The van der Waals surface area contributed by atoms with Crippen LogP contribution in [-0.4, -0.2) is 26.1 Å². The number of anilines is 2. The van der Waals surface area contributed by atoms with Gasteiger partial charge in [-0.05, 0) is 18.2 Å². The van der Waals surface area contributed by atoms with Crippen molar-refractivity contribution < 1.29 is 22.6 Å². The first kappa shape index (κ1) is 16.8. The van der Waals surface area contributed by atoms with Gasteiger partial charge in [0, 0.05) is 29.5 Å². The lowest BCUT2D eigenvalue weighted by Gasteiger charge is -2.06. The van der Waals surface area contributed by atoms with Gasteiger partial charge in [-0.25, -0.2) is 15.0 Å². The molecule has 1 aliphatic rings. The topological polar surface area (TPSA) is 73.6 Å². The Kier molecular flexibility index (Phi) is 3.66. The van der Waals surface area contributed by atoms with Crippen LogP contribution < -0.4 is 14.8 Å². The molecule has 11 heteroatoms. The molecule has 4 aromatic rings. The van der Waals surface area contributed by atoms with Gasteiger partial charge in [0.15, 0.2) is 22.3 Å². The van der Waals surface area contributed by atoms with Crippen LogP contribution in [0.25, 0.3) is 17.2 Å². The molecule has 0 atom stereocenters. The van der Waals surface area contributed by atoms with Crippen LogP contribution in [0.1, 0.15) is 5.69 Å². The molecule has 5 rings (SSSR count). The van der Waals surface area contributed by atoms with Crippen LogP contribution in [0, 0.1) is 0 Å². The normalized spacial score (nSPS) is 13.2. The molecule has 3 aromatic heterocycles. The summed E-state index contributed by atoms with van der Waals surface area (Å²) in [6, 6.07) is 6.80. The van der Waals surface area contributed by atoms with E-state index in [1.165, 1.54) is 34.2 Å². The van der Waals surface area contributed by atoms with Crippen LogP contribution in [-0.2, 0) is 6.18 Å². The number of alkyl halides is 3. The molecular weight excluding hydrogens is 395 g/mol. The highest BCUT2D eigenvalue weighted by atomic mass is 32.1. The van der Waals surface area contributed by atoms with Gasteiger partial charge >= 0.3 is 6.18 Å². The number of nitrogens with zero attached hydrogens (tertiary/aromatic N) is 4. The van der Waals surface area contributed by atoms with Gasteiger partial charge < -0.3 is 14.8 Å². The van der Waals surface area contributed by atoms with Crippen LogP contribution in [0.4, 0.5) is 24.0 Å². The number of fused-ring (bicyclic) bond motifs is 2. The summed E-state index contributed by atoms with van der Waals surface area (Å²) in [6.07, 6.45) is -1.76. The molecule has 142 valence electrons. The van der Waals surface area contributed by atoms with Crippen molar-refractivity contribution in [2.75, 3.05) is 12.1 Å². The van der Waals surface area contributed by atoms with Gasteiger partial charge in [0.05, 0.1) is 0 Å². The summed E-state index contributed by atoms with van der Waals surface area (Å²) in [7, 11) is 0. The van der Waals surface area contributed by atoms with Crippen LogP contribution in [0.5, 0.6) is 11.5 Å². The summed E-state index contributed by atoms with van der Waals surface area (Å²) in [5.74, 6) is 1.19. The van der Waals surface area contributed by atoms with Crippen molar-refractivity contribution in [3.63, 3.8) is 0 Å². The van der Waals surface area contributed by atoms with E-state index in [-0.39, 0.29) is 24.0 Å². The minimum atomic E-state index is -4.63. The summed E-state index contributed by atoms with van der Waals surface area (Å²) in [5, 5.41) is 5.04. The lowest BCUT2D eigenvalue weighted by Crippen LogP contribution is -2.08. The zero-order valence-electron chi connectivity index (χ0n) is 13.9. The largest absolute Gasteiger partial charge is 0.454 e. The van der Waals surface area contributed by atoms with E-state index in [4.69, 9.17) is 9.47 Å². The molecule has 28 heavy (non-hydrogen) atoms. The molecule has 0 saturated heterocycles. The number of nitrogens with one attached hydrogen (secondary N) is 1. The molecule has 1 aromatic carbocycles. The van der Waals surface area contributed by atoms with Crippen molar-refractivity contribution in [3.8, 4) is 22.9 Å². The van der Waals surface area contributed by atoms with Crippen molar-refractivity contribution in [2.24, 2.45) is 0 Å². The molecule has 1 aliphatic heterocycles.